The second-order valence-electron chi connectivity index (χ2n) is 6.67. The van der Waals surface area contributed by atoms with Gasteiger partial charge in [0.2, 0.25) is 5.95 Å². The molecule has 4 rings (SSSR count). The lowest BCUT2D eigenvalue weighted by atomic mass is 10.3. The summed E-state index contributed by atoms with van der Waals surface area (Å²) < 4.78 is 56.9. The van der Waals surface area contributed by atoms with E-state index in [4.69, 9.17) is 0 Å². The second kappa shape index (κ2) is 8.40. The van der Waals surface area contributed by atoms with Gasteiger partial charge in [0.05, 0.1) is 22.5 Å². The third-order valence-electron chi connectivity index (χ3n) is 4.37. The van der Waals surface area contributed by atoms with Gasteiger partial charge in [-0.25, -0.2) is 36.2 Å². The number of aromatic nitrogens is 4. The van der Waals surface area contributed by atoms with Crippen LogP contribution in [0.5, 0.6) is 0 Å². The van der Waals surface area contributed by atoms with Crippen molar-refractivity contribution in [2.45, 2.75) is 16.7 Å². The molecule has 0 spiro atoms. The van der Waals surface area contributed by atoms with Crippen LogP contribution in [-0.2, 0) is 20.0 Å². The topological polar surface area (TPSA) is 136 Å². The Morgan fingerprint density at radius 1 is 0.781 bits per heavy atom. The third-order valence-corrected chi connectivity index (χ3v) is 7.20. The molecule has 0 atom stereocenters. The molecule has 0 bridgehead atoms. The van der Waals surface area contributed by atoms with E-state index in [-0.39, 0.29) is 21.4 Å². The van der Waals surface area contributed by atoms with Crippen molar-refractivity contribution in [1.29, 1.82) is 0 Å². The maximum Gasteiger partial charge on any atom is 0.265 e. The van der Waals surface area contributed by atoms with Crippen molar-refractivity contribution in [2.24, 2.45) is 0 Å². The summed E-state index contributed by atoms with van der Waals surface area (Å²) in [6, 6.07) is 16.0. The molecule has 0 amide bonds. The van der Waals surface area contributed by atoms with Crippen molar-refractivity contribution in [3.8, 4) is 5.69 Å². The highest BCUT2D eigenvalue weighted by Gasteiger charge is 2.22. The summed E-state index contributed by atoms with van der Waals surface area (Å²) in [5, 5.41) is 4.27. The van der Waals surface area contributed by atoms with Crippen LogP contribution < -0.4 is 9.44 Å². The highest BCUT2D eigenvalue weighted by Crippen LogP contribution is 2.22. The average molecular weight is 471 g/mol. The van der Waals surface area contributed by atoms with Gasteiger partial charge in [-0.1, -0.05) is 18.2 Å². The number of hydrogen-bond acceptors (Lipinski definition) is 7. The fourth-order valence-corrected chi connectivity index (χ4v) is 5.05. The Bertz CT molecular complexity index is 1440. The van der Waals surface area contributed by atoms with Gasteiger partial charge < -0.3 is 0 Å². The van der Waals surface area contributed by atoms with E-state index in [0.717, 1.165) is 5.69 Å². The Morgan fingerprint density at radius 2 is 1.44 bits per heavy atom. The van der Waals surface area contributed by atoms with Crippen molar-refractivity contribution in [3.05, 3.63) is 84.9 Å². The van der Waals surface area contributed by atoms with Crippen LogP contribution in [0.25, 0.3) is 5.69 Å². The lowest BCUT2D eigenvalue weighted by molar-refractivity contribution is 0.599. The van der Waals surface area contributed by atoms with E-state index in [1.54, 1.807) is 13.0 Å². The molecule has 12 heteroatoms. The van der Waals surface area contributed by atoms with Crippen LogP contribution in [-0.4, -0.2) is 36.6 Å². The van der Waals surface area contributed by atoms with Crippen molar-refractivity contribution >= 4 is 31.7 Å². The van der Waals surface area contributed by atoms with Crippen LogP contribution in [0.2, 0.25) is 0 Å². The molecule has 2 N–H and O–H groups in total. The highest BCUT2D eigenvalue weighted by molar-refractivity contribution is 7.93. The van der Waals surface area contributed by atoms with Gasteiger partial charge in [-0.15, -0.1) is 0 Å². The summed E-state index contributed by atoms with van der Waals surface area (Å²) in [5.74, 6) is -0.0665. The van der Waals surface area contributed by atoms with Gasteiger partial charge in [0.25, 0.3) is 20.0 Å². The van der Waals surface area contributed by atoms with Gasteiger partial charge in [0.1, 0.15) is 4.90 Å². The Balaban J connectivity index is 1.54. The van der Waals surface area contributed by atoms with Crippen LogP contribution in [0.4, 0.5) is 11.6 Å². The van der Waals surface area contributed by atoms with Gasteiger partial charge in [0.15, 0.2) is 0 Å². The SMILES string of the molecule is Cc1nn(-c2ccccc2)cc1S(=O)(=O)Nc1ccc(S(=O)(=O)Nc2ncccn2)cc1. The van der Waals surface area contributed by atoms with Gasteiger partial charge >= 0.3 is 0 Å². The van der Waals surface area contributed by atoms with Crippen LogP contribution in [0.1, 0.15) is 5.69 Å². The summed E-state index contributed by atoms with van der Waals surface area (Å²) in [4.78, 5) is 7.59. The van der Waals surface area contributed by atoms with Crippen LogP contribution in [0.15, 0.2) is 89.0 Å². The number of nitrogens with one attached hydrogen (secondary N) is 2. The lowest BCUT2D eigenvalue weighted by Gasteiger charge is -2.09. The zero-order valence-electron chi connectivity index (χ0n) is 16.7. The molecule has 0 saturated heterocycles. The summed E-state index contributed by atoms with van der Waals surface area (Å²) in [6.07, 6.45) is 4.24. The number of sulfonamides is 2. The minimum Gasteiger partial charge on any atom is -0.280 e. The lowest BCUT2D eigenvalue weighted by Crippen LogP contribution is -2.16. The number of hydrogen-bond donors (Lipinski definition) is 2. The maximum absolute atomic E-state index is 12.9. The molecule has 2 heterocycles. The maximum atomic E-state index is 12.9. The normalized spacial score (nSPS) is 11.8. The van der Waals surface area contributed by atoms with E-state index >= 15 is 0 Å². The summed E-state index contributed by atoms with van der Waals surface area (Å²) in [7, 11) is -7.87. The number of nitrogens with zero attached hydrogens (tertiary/aromatic N) is 4. The van der Waals surface area contributed by atoms with E-state index in [2.05, 4.69) is 24.5 Å². The Kier molecular flexibility index (Phi) is 5.63. The number of para-hydroxylation sites is 1. The van der Waals surface area contributed by atoms with E-state index in [9.17, 15) is 16.8 Å². The van der Waals surface area contributed by atoms with E-state index in [1.165, 1.54) is 47.5 Å². The smallest absolute Gasteiger partial charge is 0.265 e. The number of aryl methyl sites for hydroxylation is 1. The van der Waals surface area contributed by atoms with Gasteiger partial charge in [-0.2, -0.15) is 5.10 Å². The molecule has 4 aromatic rings. The molecule has 0 aliphatic heterocycles. The van der Waals surface area contributed by atoms with E-state index in [0.29, 0.717) is 5.69 Å². The van der Waals surface area contributed by atoms with Crippen molar-refractivity contribution in [2.75, 3.05) is 9.44 Å². The number of rotatable bonds is 7. The Morgan fingerprint density at radius 3 is 2.09 bits per heavy atom. The fraction of sp³-hybridized carbons (Fsp3) is 0.0500. The van der Waals surface area contributed by atoms with E-state index < -0.39 is 20.0 Å². The molecule has 0 aliphatic carbocycles. The van der Waals surface area contributed by atoms with Crippen molar-refractivity contribution in [3.63, 3.8) is 0 Å². The van der Waals surface area contributed by atoms with E-state index in [1.807, 2.05) is 30.3 Å². The molecule has 0 radical (unpaired) electrons. The molecular formula is C20H18N6O4S2. The third kappa shape index (κ3) is 4.60. The number of benzene rings is 2. The van der Waals surface area contributed by atoms with Gasteiger partial charge in [0, 0.05) is 18.1 Å². The molecule has 10 nitrogen and oxygen atoms in total. The molecule has 2 aromatic heterocycles. The summed E-state index contributed by atoms with van der Waals surface area (Å²) >= 11 is 0. The van der Waals surface area contributed by atoms with Crippen molar-refractivity contribution < 1.29 is 16.8 Å². The standard InChI is InChI=1S/C20H18N6O4S2/c1-15-19(14-26(23-15)17-6-3-2-4-7-17)32(29,30)24-16-8-10-18(11-9-16)31(27,28)25-20-21-12-5-13-22-20/h2-14,24H,1H3,(H,21,22,25). The molecule has 0 aliphatic rings. The number of anilines is 2. The monoisotopic (exact) mass is 470 g/mol. The second-order valence-corrected chi connectivity index (χ2v) is 10.00. The fourth-order valence-electron chi connectivity index (χ4n) is 2.86. The van der Waals surface area contributed by atoms with Crippen molar-refractivity contribution in [1.82, 2.24) is 19.7 Å². The predicted molar refractivity (Wildman–Crippen MR) is 118 cm³/mol. The Hall–Kier alpha value is -3.77. The first kappa shape index (κ1) is 21.5. The molecular weight excluding hydrogens is 452 g/mol. The zero-order chi connectivity index (χ0) is 22.8. The first-order valence-corrected chi connectivity index (χ1v) is 12.3. The quantitative estimate of drug-likeness (QED) is 0.424. The average Bonchev–Trinajstić information content (AvgIpc) is 3.18. The molecule has 0 fully saturated rings. The first-order valence-electron chi connectivity index (χ1n) is 9.29. The highest BCUT2D eigenvalue weighted by atomic mass is 32.2. The minimum atomic E-state index is -3.95. The molecule has 0 saturated carbocycles. The van der Waals surface area contributed by atoms with Crippen LogP contribution >= 0.6 is 0 Å². The van der Waals surface area contributed by atoms with Gasteiger partial charge in [-0.05, 0) is 49.4 Å². The first-order chi connectivity index (χ1) is 15.2. The van der Waals surface area contributed by atoms with Crippen LogP contribution in [0, 0.1) is 6.92 Å². The summed E-state index contributed by atoms with van der Waals surface area (Å²) in [6.45, 7) is 1.60. The Labute approximate surface area is 185 Å². The minimum absolute atomic E-state index is 0.0148. The van der Waals surface area contributed by atoms with Gasteiger partial charge in [-0.3, -0.25) is 4.72 Å². The van der Waals surface area contributed by atoms with Crippen LogP contribution in [0.3, 0.4) is 0 Å². The molecule has 32 heavy (non-hydrogen) atoms. The summed E-state index contributed by atoms with van der Waals surface area (Å²) in [5.41, 5.74) is 1.25. The molecule has 2 aromatic carbocycles. The zero-order valence-corrected chi connectivity index (χ0v) is 18.4. The predicted octanol–water partition coefficient (Wildman–Crippen LogP) is 2.57. The molecule has 0 unspecified atom stereocenters. The largest absolute Gasteiger partial charge is 0.280 e. The molecule has 164 valence electrons.